The van der Waals surface area contributed by atoms with E-state index in [2.05, 4.69) is 65.8 Å². The van der Waals surface area contributed by atoms with Crippen molar-refractivity contribution in [1.82, 2.24) is 9.78 Å². The fourth-order valence-electron chi connectivity index (χ4n) is 3.60. The maximum atomic E-state index is 13.1. The summed E-state index contributed by atoms with van der Waals surface area (Å²) in [5, 5.41) is 4.89. The first-order chi connectivity index (χ1) is 11.7. The minimum Gasteiger partial charge on any atom is -0.292 e. The van der Waals surface area contributed by atoms with Crippen molar-refractivity contribution in [3.05, 3.63) is 46.8 Å². The molecule has 0 aliphatic heterocycles. The molecule has 0 N–H and O–H groups in total. The molecule has 2 aromatic rings. The molecule has 0 fully saturated rings. The minimum atomic E-state index is -0.308. The van der Waals surface area contributed by atoms with Crippen LogP contribution in [0.2, 0.25) is 0 Å². The summed E-state index contributed by atoms with van der Waals surface area (Å²) in [7, 11) is 0. The lowest BCUT2D eigenvalue weighted by atomic mass is 9.75. The second kappa shape index (κ2) is 6.44. The van der Waals surface area contributed by atoms with Gasteiger partial charge in [-0.15, -0.1) is 0 Å². The molecule has 0 amide bonds. The van der Waals surface area contributed by atoms with Crippen molar-refractivity contribution < 1.29 is 4.79 Å². The largest absolute Gasteiger partial charge is 0.292 e. The molecular weight excluding hydrogens is 308 g/mol. The van der Waals surface area contributed by atoms with Gasteiger partial charge in [-0.05, 0) is 48.8 Å². The summed E-state index contributed by atoms with van der Waals surface area (Å²) in [4.78, 5) is 13.1. The Bertz CT molecular complexity index is 779. The van der Waals surface area contributed by atoms with E-state index in [4.69, 9.17) is 5.10 Å². The number of hydrogen-bond acceptors (Lipinski definition) is 2. The van der Waals surface area contributed by atoms with Crippen molar-refractivity contribution in [2.24, 2.45) is 11.3 Å². The number of fused-ring (bicyclic) bond motifs is 1. The zero-order chi connectivity index (χ0) is 18.4. The van der Waals surface area contributed by atoms with E-state index in [1.165, 1.54) is 11.1 Å². The van der Waals surface area contributed by atoms with Gasteiger partial charge in [-0.25, -0.2) is 4.68 Å². The summed E-state index contributed by atoms with van der Waals surface area (Å²) in [6, 6.07) is 8.48. The van der Waals surface area contributed by atoms with Gasteiger partial charge in [0.1, 0.15) is 5.69 Å². The van der Waals surface area contributed by atoms with Crippen LogP contribution in [0.3, 0.4) is 0 Å². The van der Waals surface area contributed by atoms with Gasteiger partial charge in [0.2, 0.25) is 0 Å². The Morgan fingerprint density at radius 1 is 1.12 bits per heavy atom. The lowest BCUT2D eigenvalue weighted by molar-refractivity contribution is 0.0802. The molecule has 0 saturated heterocycles. The van der Waals surface area contributed by atoms with Gasteiger partial charge in [-0.2, -0.15) is 5.10 Å². The molecule has 134 valence electrons. The lowest BCUT2D eigenvalue weighted by Crippen LogP contribution is -2.32. The molecule has 0 saturated carbocycles. The summed E-state index contributed by atoms with van der Waals surface area (Å²) < 4.78 is 1.90. The van der Waals surface area contributed by atoms with Crippen molar-refractivity contribution in [1.29, 1.82) is 0 Å². The third-order valence-corrected chi connectivity index (χ3v) is 5.30. The second-order valence-corrected chi connectivity index (χ2v) is 8.74. The maximum absolute atomic E-state index is 13.1. The molecule has 0 bridgehead atoms. The molecule has 1 heterocycles. The van der Waals surface area contributed by atoms with Crippen LogP contribution in [-0.4, -0.2) is 15.6 Å². The highest BCUT2D eigenvalue weighted by molar-refractivity contribution is 6.01. The molecule has 1 aromatic heterocycles. The van der Waals surface area contributed by atoms with Gasteiger partial charge in [0.25, 0.3) is 0 Å². The van der Waals surface area contributed by atoms with Crippen LogP contribution >= 0.6 is 0 Å². The highest BCUT2D eigenvalue weighted by Crippen LogP contribution is 2.37. The lowest BCUT2D eigenvalue weighted by Gasteiger charge is -2.28. The topological polar surface area (TPSA) is 34.9 Å². The third-order valence-electron chi connectivity index (χ3n) is 5.30. The average molecular weight is 338 g/mol. The van der Waals surface area contributed by atoms with Gasteiger partial charge < -0.3 is 0 Å². The molecule has 0 unspecified atom stereocenters. The monoisotopic (exact) mass is 338 g/mol. The molecule has 0 spiro atoms. The van der Waals surface area contributed by atoms with Gasteiger partial charge in [0.05, 0.1) is 11.4 Å². The first-order valence-electron chi connectivity index (χ1n) is 9.46. The smallest absolute Gasteiger partial charge is 0.187 e. The van der Waals surface area contributed by atoms with Gasteiger partial charge in [0.15, 0.2) is 5.78 Å². The molecular formula is C22H30N2O. The van der Waals surface area contributed by atoms with Crippen LogP contribution in [0.5, 0.6) is 0 Å². The SMILES string of the molecule is CC(C)Cc1nn(-c2ccc(C(C)C)cc2)c2c1CCC(C)(C)C2=O. The highest BCUT2D eigenvalue weighted by atomic mass is 16.1. The van der Waals surface area contributed by atoms with Crippen molar-refractivity contribution in [2.45, 2.75) is 66.7 Å². The summed E-state index contributed by atoms with van der Waals surface area (Å²) in [6.07, 6.45) is 2.77. The molecule has 3 rings (SSSR count). The van der Waals surface area contributed by atoms with Gasteiger partial charge in [0, 0.05) is 11.0 Å². The Kier molecular flexibility index (Phi) is 4.61. The number of ketones is 1. The number of benzene rings is 1. The molecule has 0 radical (unpaired) electrons. The van der Waals surface area contributed by atoms with Crippen LogP contribution in [0.25, 0.3) is 5.69 Å². The molecule has 1 aromatic carbocycles. The van der Waals surface area contributed by atoms with E-state index >= 15 is 0 Å². The molecule has 3 heteroatoms. The standard InChI is InChI=1S/C22H30N2O/c1-14(2)13-19-18-11-12-22(5,6)21(25)20(18)24(23-19)17-9-7-16(8-10-17)15(3)4/h7-10,14-15H,11-13H2,1-6H3. The van der Waals surface area contributed by atoms with Crippen LogP contribution in [0, 0.1) is 11.3 Å². The van der Waals surface area contributed by atoms with Crippen molar-refractivity contribution in [3.63, 3.8) is 0 Å². The fourth-order valence-corrected chi connectivity index (χ4v) is 3.60. The number of hydrogen-bond donors (Lipinski definition) is 0. The van der Waals surface area contributed by atoms with E-state index in [1.807, 2.05) is 4.68 Å². The number of carbonyl (C=O) groups excluding carboxylic acids is 1. The number of carbonyl (C=O) groups is 1. The first kappa shape index (κ1) is 17.9. The number of aromatic nitrogens is 2. The molecule has 25 heavy (non-hydrogen) atoms. The number of Topliss-reactive ketones (excluding diaryl/α,β-unsaturated/α-hetero) is 1. The van der Waals surface area contributed by atoms with E-state index in [-0.39, 0.29) is 11.2 Å². The van der Waals surface area contributed by atoms with Crippen molar-refractivity contribution in [3.8, 4) is 5.69 Å². The van der Waals surface area contributed by atoms with Crippen LogP contribution in [0.4, 0.5) is 0 Å². The molecule has 1 aliphatic rings. The molecule has 3 nitrogen and oxygen atoms in total. The quantitative estimate of drug-likeness (QED) is 0.753. The Morgan fingerprint density at radius 2 is 1.76 bits per heavy atom. The predicted molar refractivity (Wildman–Crippen MR) is 103 cm³/mol. The van der Waals surface area contributed by atoms with Crippen LogP contribution < -0.4 is 0 Å². The molecule has 0 atom stereocenters. The summed E-state index contributed by atoms with van der Waals surface area (Å²) in [5.74, 6) is 1.25. The third kappa shape index (κ3) is 3.29. The second-order valence-electron chi connectivity index (χ2n) is 8.74. The maximum Gasteiger partial charge on any atom is 0.187 e. The Hall–Kier alpha value is -1.90. The summed E-state index contributed by atoms with van der Waals surface area (Å²) in [6.45, 7) is 12.9. The fraction of sp³-hybridized carbons (Fsp3) is 0.545. The normalized spacial score (nSPS) is 16.6. The first-order valence-corrected chi connectivity index (χ1v) is 9.46. The van der Waals surface area contributed by atoms with Gasteiger partial charge in [-0.1, -0.05) is 53.7 Å². The number of rotatable bonds is 4. The van der Waals surface area contributed by atoms with Crippen LogP contribution in [0.15, 0.2) is 24.3 Å². The van der Waals surface area contributed by atoms with E-state index < -0.39 is 0 Å². The van der Waals surface area contributed by atoms with E-state index in [0.717, 1.165) is 36.3 Å². The van der Waals surface area contributed by atoms with E-state index in [9.17, 15) is 4.79 Å². The van der Waals surface area contributed by atoms with Crippen molar-refractivity contribution >= 4 is 5.78 Å². The Balaban J connectivity index is 2.13. The zero-order valence-electron chi connectivity index (χ0n) is 16.4. The number of nitrogens with zero attached hydrogens (tertiary/aromatic N) is 2. The van der Waals surface area contributed by atoms with Crippen LogP contribution in [-0.2, 0) is 12.8 Å². The Morgan fingerprint density at radius 3 is 2.32 bits per heavy atom. The zero-order valence-corrected chi connectivity index (χ0v) is 16.4. The average Bonchev–Trinajstić information content (AvgIpc) is 2.89. The van der Waals surface area contributed by atoms with Crippen LogP contribution in [0.1, 0.15) is 81.2 Å². The van der Waals surface area contributed by atoms with Crippen molar-refractivity contribution in [2.75, 3.05) is 0 Å². The highest BCUT2D eigenvalue weighted by Gasteiger charge is 2.39. The summed E-state index contributed by atoms with van der Waals surface area (Å²) in [5.41, 5.74) is 5.06. The van der Waals surface area contributed by atoms with E-state index in [0.29, 0.717) is 11.8 Å². The van der Waals surface area contributed by atoms with Gasteiger partial charge in [-0.3, -0.25) is 4.79 Å². The predicted octanol–water partition coefficient (Wildman–Crippen LogP) is 5.35. The van der Waals surface area contributed by atoms with Gasteiger partial charge >= 0.3 is 0 Å². The molecule has 1 aliphatic carbocycles. The Labute approximate surface area is 151 Å². The van der Waals surface area contributed by atoms with E-state index in [1.54, 1.807) is 0 Å². The minimum absolute atomic E-state index is 0.226. The summed E-state index contributed by atoms with van der Waals surface area (Å²) >= 11 is 0.